The summed E-state index contributed by atoms with van der Waals surface area (Å²) >= 11 is 0. The van der Waals surface area contributed by atoms with E-state index < -0.39 is 12.1 Å². The van der Waals surface area contributed by atoms with Gasteiger partial charge in [0.1, 0.15) is 5.75 Å². The van der Waals surface area contributed by atoms with E-state index in [0.717, 1.165) is 24.8 Å². The van der Waals surface area contributed by atoms with Crippen molar-refractivity contribution in [2.75, 3.05) is 7.05 Å². The normalized spacial score (nSPS) is 23.6. The van der Waals surface area contributed by atoms with Crippen LogP contribution in [0.1, 0.15) is 55.2 Å². The molecule has 3 N–H and O–H groups in total. The van der Waals surface area contributed by atoms with Gasteiger partial charge in [-0.2, -0.15) is 13.2 Å². The van der Waals surface area contributed by atoms with Gasteiger partial charge in [-0.25, -0.2) is 0 Å². The molecule has 2 aliphatic rings. The summed E-state index contributed by atoms with van der Waals surface area (Å²) in [5, 5.41) is 16.7. The Morgan fingerprint density at radius 2 is 1.85 bits per heavy atom. The number of hydrogen-bond donors (Lipinski definition) is 3. The van der Waals surface area contributed by atoms with Crippen molar-refractivity contribution in [2.24, 2.45) is 10.9 Å². The molecular weight excluding hydrogens is 355 g/mol. The molecule has 0 unspecified atom stereocenters. The number of aliphatic imine (C=N–C) groups is 1. The predicted molar refractivity (Wildman–Crippen MR) is 99.9 cm³/mol. The maximum Gasteiger partial charge on any atom is 0.391 e. The molecule has 1 aromatic carbocycles. The highest BCUT2D eigenvalue weighted by molar-refractivity contribution is 5.80. The number of aromatic hydroxyl groups is 1. The average Bonchev–Trinajstić information content (AvgIpc) is 2.66. The Kier molecular flexibility index (Phi) is 6.17. The molecule has 0 bridgehead atoms. The van der Waals surface area contributed by atoms with Crippen molar-refractivity contribution in [3.63, 3.8) is 0 Å². The lowest BCUT2D eigenvalue weighted by molar-refractivity contribution is -0.182. The molecule has 0 amide bonds. The maximum atomic E-state index is 12.8. The number of guanidine groups is 1. The third-order valence-electron chi connectivity index (χ3n) is 5.81. The average molecular weight is 383 g/mol. The predicted octanol–water partition coefficient (Wildman–Crippen LogP) is 4.06. The summed E-state index contributed by atoms with van der Waals surface area (Å²) in [6.07, 6.45) is 1.50. The summed E-state index contributed by atoms with van der Waals surface area (Å²) in [6, 6.07) is 3.74. The van der Waals surface area contributed by atoms with Crippen LogP contribution in [0.2, 0.25) is 0 Å². The number of nitrogens with one attached hydrogen (secondary N) is 2. The van der Waals surface area contributed by atoms with Crippen molar-refractivity contribution in [1.82, 2.24) is 10.6 Å². The van der Waals surface area contributed by atoms with Crippen LogP contribution in [0.25, 0.3) is 0 Å². The van der Waals surface area contributed by atoms with E-state index in [4.69, 9.17) is 0 Å². The first kappa shape index (κ1) is 19.8. The van der Waals surface area contributed by atoms with Crippen LogP contribution in [0, 0.1) is 5.92 Å². The van der Waals surface area contributed by atoms with Gasteiger partial charge in [0.2, 0.25) is 0 Å². The van der Waals surface area contributed by atoms with Crippen LogP contribution in [0.15, 0.2) is 17.1 Å². The minimum atomic E-state index is -4.09. The fourth-order valence-corrected chi connectivity index (χ4v) is 4.21. The number of benzene rings is 1. The number of phenols is 1. The van der Waals surface area contributed by atoms with Gasteiger partial charge in [0.25, 0.3) is 0 Å². The van der Waals surface area contributed by atoms with Gasteiger partial charge in [0, 0.05) is 25.2 Å². The maximum absolute atomic E-state index is 12.8. The van der Waals surface area contributed by atoms with Crippen molar-refractivity contribution >= 4 is 5.96 Å². The smallest absolute Gasteiger partial charge is 0.391 e. The highest BCUT2D eigenvalue weighted by atomic mass is 19.4. The number of nitrogens with zero attached hydrogens (tertiary/aromatic N) is 1. The summed E-state index contributed by atoms with van der Waals surface area (Å²) in [5.74, 6) is -0.333. The highest BCUT2D eigenvalue weighted by Gasteiger charge is 2.41. The summed E-state index contributed by atoms with van der Waals surface area (Å²) in [6.45, 7) is 0.451. The first-order chi connectivity index (χ1) is 12.9. The molecular formula is C20H28F3N3O. The van der Waals surface area contributed by atoms with Crippen molar-refractivity contribution in [2.45, 2.75) is 70.1 Å². The number of hydrogen-bond acceptors (Lipinski definition) is 2. The topological polar surface area (TPSA) is 56.7 Å². The Balaban J connectivity index is 1.57. The molecule has 2 aliphatic carbocycles. The zero-order valence-corrected chi connectivity index (χ0v) is 15.7. The molecule has 0 saturated heterocycles. The lowest BCUT2D eigenvalue weighted by Gasteiger charge is -2.31. The Morgan fingerprint density at radius 3 is 2.52 bits per heavy atom. The molecule has 4 nitrogen and oxygen atoms in total. The lowest BCUT2D eigenvalue weighted by Crippen LogP contribution is -2.45. The van der Waals surface area contributed by atoms with Crippen LogP contribution < -0.4 is 10.6 Å². The number of phenolic OH excluding ortho intramolecular Hbond substituents is 1. The number of rotatable bonds is 3. The second-order valence-electron chi connectivity index (χ2n) is 7.57. The first-order valence-electron chi connectivity index (χ1n) is 9.75. The molecule has 0 heterocycles. The second kappa shape index (κ2) is 8.40. The van der Waals surface area contributed by atoms with Crippen LogP contribution >= 0.6 is 0 Å². The third-order valence-corrected chi connectivity index (χ3v) is 5.81. The summed E-state index contributed by atoms with van der Waals surface area (Å²) < 4.78 is 38.4. The third kappa shape index (κ3) is 4.87. The zero-order valence-electron chi connectivity index (χ0n) is 15.7. The Hall–Kier alpha value is -1.92. The summed E-state index contributed by atoms with van der Waals surface area (Å²) in [4.78, 5) is 4.20. The molecule has 1 aromatic rings. The van der Waals surface area contributed by atoms with E-state index in [2.05, 4.69) is 15.6 Å². The van der Waals surface area contributed by atoms with Crippen molar-refractivity contribution < 1.29 is 18.3 Å². The molecule has 3 rings (SSSR count). The van der Waals surface area contributed by atoms with Crippen molar-refractivity contribution in [3.05, 3.63) is 28.8 Å². The lowest BCUT2D eigenvalue weighted by atomic mass is 9.85. The van der Waals surface area contributed by atoms with Gasteiger partial charge < -0.3 is 15.7 Å². The van der Waals surface area contributed by atoms with Gasteiger partial charge in [-0.05, 0) is 68.6 Å². The zero-order chi connectivity index (χ0) is 19.4. The van der Waals surface area contributed by atoms with E-state index >= 15 is 0 Å². The molecule has 1 saturated carbocycles. The molecule has 0 aromatic heterocycles. The fraction of sp³-hybridized carbons (Fsp3) is 0.650. The standard InChI is InChI=1S/C20H28F3N3O/c1-24-19(26-15-9-7-14(8-10-15)20(21,22)23)25-12-17-16-5-3-2-4-13(16)6-11-18(17)27/h6,11,14-15,27H,2-5,7-10,12H2,1H3,(H2,24,25,26). The molecule has 0 aliphatic heterocycles. The molecule has 0 atom stereocenters. The van der Waals surface area contributed by atoms with E-state index in [1.54, 1.807) is 13.1 Å². The van der Waals surface area contributed by atoms with Crippen LogP contribution in [0.5, 0.6) is 5.75 Å². The van der Waals surface area contributed by atoms with Crippen LogP contribution in [0.3, 0.4) is 0 Å². The van der Waals surface area contributed by atoms with Crippen molar-refractivity contribution in [1.29, 1.82) is 0 Å². The van der Waals surface area contributed by atoms with Gasteiger partial charge in [-0.1, -0.05) is 6.07 Å². The van der Waals surface area contributed by atoms with Gasteiger partial charge >= 0.3 is 6.18 Å². The molecule has 0 radical (unpaired) electrons. The molecule has 27 heavy (non-hydrogen) atoms. The fourth-order valence-electron chi connectivity index (χ4n) is 4.21. The summed E-state index contributed by atoms with van der Waals surface area (Å²) in [5.41, 5.74) is 3.41. The molecule has 0 spiro atoms. The number of aryl methyl sites for hydroxylation is 1. The Bertz CT molecular complexity index is 680. The Morgan fingerprint density at radius 1 is 1.15 bits per heavy atom. The molecule has 7 heteroatoms. The monoisotopic (exact) mass is 383 g/mol. The Labute approximate surface area is 158 Å². The second-order valence-corrected chi connectivity index (χ2v) is 7.57. The quantitative estimate of drug-likeness (QED) is 0.545. The first-order valence-corrected chi connectivity index (χ1v) is 9.75. The van der Waals surface area contributed by atoms with E-state index in [-0.39, 0.29) is 24.6 Å². The van der Waals surface area contributed by atoms with Crippen LogP contribution in [-0.4, -0.2) is 30.3 Å². The summed E-state index contributed by atoms with van der Waals surface area (Å²) in [7, 11) is 1.65. The van der Waals surface area contributed by atoms with Gasteiger partial charge in [-0.15, -0.1) is 0 Å². The minimum Gasteiger partial charge on any atom is -0.508 e. The van der Waals surface area contributed by atoms with Gasteiger partial charge in [0.05, 0.1) is 5.92 Å². The van der Waals surface area contributed by atoms with Crippen LogP contribution in [-0.2, 0) is 19.4 Å². The number of halogens is 3. The largest absolute Gasteiger partial charge is 0.508 e. The molecule has 1 fully saturated rings. The van der Waals surface area contributed by atoms with E-state index in [0.29, 0.717) is 25.3 Å². The number of alkyl halides is 3. The molecule has 150 valence electrons. The number of fused-ring (bicyclic) bond motifs is 1. The highest BCUT2D eigenvalue weighted by Crippen LogP contribution is 2.37. The van der Waals surface area contributed by atoms with Gasteiger partial charge in [-0.3, -0.25) is 4.99 Å². The SMILES string of the molecule is CN=C(NCc1c(O)ccc2c1CCCC2)NC1CCC(C(F)(F)F)CC1. The van der Waals surface area contributed by atoms with Gasteiger partial charge in [0.15, 0.2) is 5.96 Å². The minimum absolute atomic E-state index is 0.00640. The van der Waals surface area contributed by atoms with Crippen molar-refractivity contribution in [3.8, 4) is 5.75 Å². The van der Waals surface area contributed by atoms with E-state index in [9.17, 15) is 18.3 Å². The van der Waals surface area contributed by atoms with Crippen LogP contribution in [0.4, 0.5) is 13.2 Å². The van der Waals surface area contributed by atoms with E-state index in [1.165, 1.54) is 17.5 Å². The van der Waals surface area contributed by atoms with E-state index in [1.807, 2.05) is 6.07 Å².